The zero-order chi connectivity index (χ0) is 13.3. The minimum atomic E-state index is -0.215. The van der Waals surface area contributed by atoms with Crippen molar-refractivity contribution in [2.75, 3.05) is 5.32 Å². The molecule has 0 unspecified atom stereocenters. The number of benzene rings is 1. The van der Waals surface area contributed by atoms with E-state index in [-0.39, 0.29) is 5.91 Å². The summed E-state index contributed by atoms with van der Waals surface area (Å²) in [6.45, 7) is 1.87. The number of thiophene rings is 1. The molecule has 0 saturated heterocycles. The molecule has 1 N–H and O–H groups in total. The Bertz CT molecular complexity index is 612. The number of carbonyl (C=O) groups is 1. The van der Waals surface area contributed by atoms with Crippen molar-refractivity contribution in [2.24, 2.45) is 0 Å². The molecule has 0 atom stereocenters. The highest BCUT2D eigenvalue weighted by Crippen LogP contribution is 2.29. The molecule has 0 aliphatic rings. The Balaban J connectivity index is 2.21. The maximum atomic E-state index is 12.0. The number of nitrogens with one attached hydrogen (secondary N) is 1. The topological polar surface area (TPSA) is 29.1 Å². The van der Waals surface area contributed by atoms with Crippen molar-refractivity contribution in [3.05, 3.63) is 48.5 Å². The Kier molecular flexibility index (Phi) is 4.33. The molecule has 1 amide bonds. The first-order valence-electron chi connectivity index (χ1n) is 4.99. The largest absolute Gasteiger partial charge is 0.321 e. The van der Waals surface area contributed by atoms with Gasteiger partial charge < -0.3 is 5.32 Å². The number of rotatable bonds is 2. The van der Waals surface area contributed by atoms with E-state index in [4.69, 9.17) is 23.2 Å². The quantitative estimate of drug-likeness (QED) is 0.761. The van der Waals surface area contributed by atoms with Gasteiger partial charge in [-0.25, -0.2) is 0 Å². The lowest BCUT2D eigenvalue weighted by Gasteiger charge is -2.05. The van der Waals surface area contributed by atoms with Crippen LogP contribution < -0.4 is 5.32 Å². The van der Waals surface area contributed by atoms with E-state index >= 15 is 0 Å². The van der Waals surface area contributed by atoms with Gasteiger partial charge in [0, 0.05) is 10.2 Å². The van der Waals surface area contributed by atoms with Crippen molar-refractivity contribution in [3.8, 4) is 0 Å². The lowest BCUT2D eigenvalue weighted by Crippen LogP contribution is -2.10. The van der Waals surface area contributed by atoms with Crippen LogP contribution in [0.3, 0.4) is 0 Å². The van der Waals surface area contributed by atoms with Gasteiger partial charge in [-0.05, 0) is 52.0 Å². The number of halogens is 3. The first-order chi connectivity index (χ1) is 8.49. The third kappa shape index (κ3) is 2.88. The van der Waals surface area contributed by atoms with Gasteiger partial charge in [0.1, 0.15) is 4.88 Å². The molecule has 0 fully saturated rings. The molecule has 2 nitrogen and oxygen atoms in total. The molecule has 0 aliphatic heterocycles. The highest BCUT2D eigenvalue weighted by molar-refractivity contribution is 9.10. The molecule has 0 spiro atoms. The molecule has 2 rings (SSSR count). The van der Waals surface area contributed by atoms with Crippen LogP contribution in [-0.2, 0) is 0 Å². The van der Waals surface area contributed by atoms with Crippen LogP contribution in [-0.4, -0.2) is 5.91 Å². The van der Waals surface area contributed by atoms with Crippen LogP contribution in [0.5, 0.6) is 0 Å². The maximum Gasteiger partial charge on any atom is 0.267 e. The first kappa shape index (κ1) is 13.9. The summed E-state index contributed by atoms with van der Waals surface area (Å²) in [6, 6.07) is 5.19. The average molecular weight is 365 g/mol. The second kappa shape index (κ2) is 5.61. The summed E-state index contributed by atoms with van der Waals surface area (Å²) in [5.74, 6) is -0.215. The van der Waals surface area contributed by atoms with Gasteiger partial charge in [0.15, 0.2) is 0 Å². The maximum absolute atomic E-state index is 12.0. The van der Waals surface area contributed by atoms with Gasteiger partial charge in [0.25, 0.3) is 5.91 Å². The Morgan fingerprint density at radius 2 is 2.11 bits per heavy atom. The van der Waals surface area contributed by atoms with E-state index in [9.17, 15) is 4.79 Å². The summed E-state index contributed by atoms with van der Waals surface area (Å²) in [6.07, 6.45) is 0. The zero-order valence-electron chi connectivity index (χ0n) is 9.26. The molecular weight excluding hydrogens is 357 g/mol. The molecule has 2 aromatic rings. The van der Waals surface area contributed by atoms with Crippen LogP contribution in [0.4, 0.5) is 5.69 Å². The summed E-state index contributed by atoms with van der Waals surface area (Å²) in [5, 5.41) is 5.74. The third-order valence-corrected chi connectivity index (χ3v) is 5.19. The predicted molar refractivity (Wildman–Crippen MR) is 81.2 cm³/mol. The van der Waals surface area contributed by atoms with Crippen molar-refractivity contribution in [1.82, 2.24) is 0 Å². The Hall–Kier alpha value is -0.550. The van der Waals surface area contributed by atoms with Crippen molar-refractivity contribution in [2.45, 2.75) is 6.92 Å². The Labute approximate surface area is 127 Å². The first-order valence-corrected chi connectivity index (χ1v) is 7.42. The molecule has 1 heterocycles. The van der Waals surface area contributed by atoms with E-state index in [1.54, 1.807) is 18.2 Å². The van der Waals surface area contributed by atoms with Crippen molar-refractivity contribution in [3.63, 3.8) is 0 Å². The van der Waals surface area contributed by atoms with Crippen LogP contribution in [0, 0.1) is 6.92 Å². The molecule has 1 aromatic heterocycles. The lowest BCUT2D eigenvalue weighted by molar-refractivity contribution is 0.103. The van der Waals surface area contributed by atoms with Crippen LogP contribution in [0.15, 0.2) is 28.1 Å². The molecule has 1 aromatic carbocycles. The normalized spacial score (nSPS) is 10.4. The van der Waals surface area contributed by atoms with Gasteiger partial charge in [-0.2, -0.15) is 0 Å². The van der Waals surface area contributed by atoms with E-state index in [1.807, 2.05) is 12.3 Å². The van der Waals surface area contributed by atoms with Gasteiger partial charge in [0.05, 0.1) is 10.0 Å². The van der Waals surface area contributed by atoms with Gasteiger partial charge in [-0.15, -0.1) is 11.3 Å². The number of anilines is 1. The molecule has 0 aliphatic carbocycles. The minimum Gasteiger partial charge on any atom is -0.321 e. The average Bonchev–Trinajstić information content (AvgIpc) is 2.65. The summed E-state index contributed by atoms with van der Waals surface area (Å²) >= 11 is 16.6. The Morgan fingerprint density at radius 1 is 1.39 bits per heavy atom. The number of aryl methyl sites for hydroxylation is 1. The van der Waals surface area contributed by atoms with Crippen molar-refractivity contribution >= 4 is 62.1 Å². The Morgan fingerprint density at radius 3 is 2.67 bits per heavy atom. The highest BCUT2D eigenvalue weighted by atomic mass is 79.9. The second-order valence-electron chi connectivity index (χ2n) is 3.64. The SMILES string of the molecule is Cc1csc(C(=O)Nc2ccc(Cl)c(Br)c2)c1Cl. The van der Waals surface area contributed by atoms with Crippen LogP contribution in [0.1, 0.15) is 15.2 Å². The zero-order valence-corrected chi connectivity index (χ0v) is 13.2. The molecular formula is C12H8BrCl2NOS. The van der Waals surface area contributed by atoms with E-state index < -0.39 is 0 Å². The van der Waals surface area contributed by atoms with Gasteiger partial charge in [0.2, 0.25) is 0 Å². The van der Waals surface area contributed by atoms with Gasteiger partial charge in [-0.3, -0.25) is 4.79 Å². The molecule has 18 heavy (non-hydrogen) atoms. The summed E-state index contributed by atoms with van der Waals surface area (Å²) < 4.78 is 0.732. The van der Waals surface area contributed by atoms with Crippen LogP contribution >= 0.6 is 50.5 Å². The molecule has 0 bridgehead atoms. The predicted octanol–water partition coefficient (Wildman–Crippen LogP) is 5.38. The fourth-order valence-electron chi connectivity index (χ4n) is 1.34. The molecule has 0 saturated carbocycles. The summed E-state index contributed by atoms with van der Waals surface area (Å²) in [4.78, 5) is 12.5. The third-order valence-electron chi connectivity index (χ3n) is 2.28. The molecule has 94 valence electrons. The van der Waals surface area contributed by atoms with E-state index in [0.717, 1.165) is 10.0 Å². The van der Waals surface area contributed by atoms with Gasteiger partial charge >= 0.3 is 0 Å². The van der Waals surface area contributed by atoms with Crippen molar-refractivity contribution < 1.29 is 4.79 Å². The molecule has 6 heteroatoms. The number of hydrogen-bond acceptors (Lipinski definition) is 2. The van der Waals surface area contributed by atoms with Crippen LogP contribution in [0.25, 0.3) is 0 Å². The number of carbonyl (C=O) groups excluding carboxylic acids is 1. The lowest BCUT2D eigenvalue weighted by atomic mass is 10.3. The smallest absolute Gasteiger partial charge is 0.267 e. The standard InChI is InChI=1S/C12H8BrCl2NOS/c1-6-5-18-11(10(6)15)12(17)16-7-2-3-9(14)8(13)4-7/h2-5H,1H3,(H,16,17). The van der Waals surface area contributed by atoms with E-state index in [1.165, 1.54) is 11.3 Å². The second-order valence-corrected chi connectivity index (χ2v) is 6.16. The van der Waals surface area contributed by atoms with Crippen LogP contribution in [0.2, 0.25) is 10.0 Å². The summed E-state index contributed by atoms with van der Waals surface area (Å²) in [5.41, 5.74) is 1.57. The minimum absolute atomic E-state index is 0.215. The van der Waals surface area contributed by atoms with E-state index in [0.29, 0.717) is 20.6 Å². The number of hydrogen-bond donors (Lipinski definition) is 1. The fourth-order valence-corrected chi connectivity index (χ4v) is 3.01. The monoisotopic (exact) mass is 363 g/mol. The summed E-state index contributed by atoms with van der Waals surface area (Å²) in [7, 11) is 0. The fraction of sp³-hybridized carbons (Fsp3) is 0.0833. The van der Waals surface area contributed by atoms with Gasteiger partial charge in [-0.1, -0.05) is 23.2 Å². The van der Waals surface area contributed by atoms with Crippen molar-refractivity contribution in [1.29, 1.82) is 0 Å². The highest BCUT2D eigenvalue weighted by Gasteiger charge is 2.14. The van der Waals surface area contributed by atoms with E-state index in [2.05, 4.69) is 21.2 Å². The number of amides is 1. The molecule has 0 radical (unpaired) electrons.